The lowest BCUT2D eigenvalue weighted by Gasteiger charge is -2.08. The molecular weight excluding hydrogens is 250 g/mol. The largest absolute Gasteiger partial charge is 0.494 e. The van der Waals surface area contributed by atoms with Gasteiger partial charge in [0.05, 0.1) is 18.8 Å². The SMILES string of the molecule is CCCOc1ccc(NCc2ccn(C(C)C)n2)cc1. The highest BCUT2D eigenvalue weighted by molar-refractivity contribution is 5.46. The molecule has 0 fully saturated rings. The van der Waals surface area contributed by atoms with Crippen LogP contribution in [-0.2, 0) is 6.54 Å². The minimum absolute atomic E-state index is 0.402. The molecule has 0 spiro atoms. The summed E-state index contributed by atoms with van der Waals surface area (Å²) in [5, 5.41) is 7.88. The molecule has 20 heavy (non-hydrogen) atoms. The van der Waals surface area contributed by atoms with Gasteiger partial charge in [0, 0.05) is 17.9 Å². The van der Waals surface area contributed by atoms with Crippen molar-refractivity contribution < 1.29 is 4.74 Å². The van der Waals surface area contributed by atoms with Gasteiger partial charge in [-0.15, -0.1) is 0 Å². The van der Waals surface area contributed by atoms with Crippen molar-refractivity contribution in [3.63, 3.8) is 0 Å². The Morgan fingerprint density at radius 2 is 1.95 bits per heavy atom. The third-order valence-electron chi connectivity index (χ3n) is 2.99. The molecule has 0 amide bonds. The van der Waals surface area contributed by atoms with Crippen molar-refractivity contribution in [2.75, 3.05) is 11.9 Å². The van der Waals surface area contributed by atoms with Crippen LogP contribution in [0.15, 0.2) is 36.5 Å². The van der Waals surface area contributed by atoms with Gasteiger partial charge in [0.1, 0.15) is 5.75 Å². The normalized spacial score (nSPS) is 10.8. The summed E-state index contributed by atoms with van der Waals surface area (Å²) < 4.78 is 7.53. The van der Waals surface area contributed by atoms with Crippen LogP contribution in [0.1, 0.15) is 38.9 Å². The van der Waals surface area contributed by atoms with Gasteiger partial charge < -0.3 is 10.1 Å². The average molecular weight is 273 g/mol. The monoisotopic (exact) mass is 273 g/mol. The Balaban J connectivity index is 1.86. The predicted octanol–water partition coefficient (Wildman–Crippen LogP) is 3.86. The molecule has 2 aromatic rings. The fraction of sp³-hybridized carbons (Fsp3) is 0.438. The molecule has 108 valence electrons. The molecule has 1 aromatic heterocycles. The zero-order chi connectivity index (χ0) is 14.4. The first kappa shape index (κ1) is 14.4. The van der Waals surface area contributed by atoms with Gasteiger partial charge in [-0.2, -0.15) is 5.10 Å². The summed E-state index contributed by atoms with van der Waals surface area (Å²) in [4.78, 5) is 0. The molecule has 0 radical (unpaired) electrons. The summed E-state index contributed by atoms with van der Waals surface area (Å²) in [6.45, 7) is 7.85. The molecule has 0 aliphatic heterocycles. The highest BCUT2D eigenvalue weighted by Gasteiger charge is 2.02. The fourth-order valence-electron chi connectivity index (χ4n) is 1.84. The van der Waals surface area contributed by atoms with Crippen LogP contribution in [0, 0.1) is 0 Å². The standard InChI is InChI=1S/C16H23N3O/c1-4-11-20-16-7-5-14(6-8-16)17-12-15-9-10-19(18-15)13(2)3/h5-10,13,17H,4,11-12H2,1-3H3. The van der Waals surface area contributed by atoms with Crippen LogP contribution < -0.4 is 10.1 Å². The first-order valence-electron chi connectivity index (χ1n) is 7.20. The third-order valence-corrected chi connectivity index (χ3v) is 2.99. The lowest BCUT2D eigenvalue weighted by molar-refractivity contribution is 0.317. The number of nitrogens with zero attached hydrogens (tertiary/aromatic N) is 2. The minimum atomic E-state index is 0.402. The van der Waals surface area contributed by atoms with E-state index < -0.39 is 0 Å². The number of hydrogen-bond donors (Lipinski definition) is 1. The van der Waals surface area contributed by atoms with Crippen LogP contribution in [0.4, 0.5) is 5.69 Å². The van der Waals surface area contributed by atoms with Gasteiger partial charge >= 0.3 is 0 Å². The van der Waals surface area contributed by atoms with E-state index in [1.165, 1.54) is 0 Å². The van der Waals surface area contributed by atoms with Gasteiger partial charge in [-0.25, -0.2) is 0 Å². The van der Waals surface area contributed by atoms with E-state index in [2.05, 4.69) is 31.2 Å². The number of nitrogens with one attached hydrogen (secondary N) is 1. The molecule has 0 bridgehead atoms. The number of anilines is 1. The maximum Gasteiger partial charge on any atom is 0.119 e. The average Bonchev–Trinajstić information content (AvgIpc) is 2.93. The second kappa shape index (κ2) is 6.98. The molecule has 1 aromatic carbocycles. The van der Waals surface area contributed by atoms with E-state index in [0.717, 1.165) is 36.7 Å². The number of aromatic nitrogens is 2. The first-order valence-corrected chi connectivity index (χ1v) is 7.20. The van der Waals surface area contributed by atoms with E-state index >= 15 is 0 Å². The number of hydrogen-bond acceptors (Lipinski definition) is 3. The molecule has 0 aliphatic carbocycles. The number of rotatable bonds is 7. The number of ether oxygens (including phenoxy) is 1. The molecule has 0 saturated carbocycles. The maximum atomic E-state index is 5.56. The fourth-order valence-corrected chi connectivity index (χ4v) is 1.84. The van der Waals surface area contributed by atoms with Crippen molar-refractivity contribution in [3.05, 3.63) is 42.2 Å². The summed E-state index contributed by atoms with van der Waals surface area (Å²) in [6, 6.07) is 10.5. The van der Waals surface area contributed by atoms with E-state index in [4.69, 9.17) is 4.74 Å². The Morgan fingerprint density at radius 1 is 1.20 bits per heavy atom. The van der Waals surface area contributed by atoms with Gasteiger partial charge in [0.15, 0.2) is 0 Å². The molecule has 4 nitrogen and oxygen atoms in total. The molecule has 2 rings (SSSR count). The van der Waals surface area contributed by atoms with Crippen molar-refractivity contribution in [1.29, 1.82) is 0 Å². The topological polar surface area (TPSA) is 39.1 Å². The zero-order valence-electron chi connectivity index (χ0n) is 12.5. The molecule has 0 aliphatic rings. The van der Waals surface area contributed by atoms with Crippen LogP contribution in [-0.4, -0.2) is 16.4 Å². The zero-order valence-corrected chi connectivity index (χ0v) is 12.5. The van der Waals surface area contributed by atoms with Crippen LogP contribution in [0.2, 0.25) is 0 Å². The van der Waals surface area contributed by atoms with Crippen molar-refractivity contribution in [2.24, 2.45) is 0 Å². The van der Waals surface area contributed by atoms with Gasteiger partial charge in [-0.1, -0.05) is 6.92 Å². The first-order chi connectivity index (χ1) is 9.69. The molecule has 4 heteroatoms. The molecular formula is C16H23N3O. The summed E-state index contributed by atoms with van der Waals surface area (Å²) in [5.41, 5.74) is 2.12. The van der Waals surface area contributed by atoms with Crippen LogP contribution in [0.3, 0.4) is 0 Å². The van der Waals surface area contributed by atoms with E-state index in [1.807, 2.05) is 41.2 Å². The molecule has 0 unspecified atom stereocenters. The third kappa shape index (κ3) is 4.02. The Hall–Kier alpha value is -1.97. The van der Waals surface area contributed by atoms with Gasteiger partial charge in [-0.05, 0) is 50.6 Å². The van der Waals surface area contributed by atoms with Crippen molar-refractivity contribution in [2.45, 2.75) is 39.8 Å². The molecule has 0 atom stereocenters. The Bertz CT molecular complexity index is 517. The second-order valence-corrected chi connectivity index (χ2v) is 5.11. The Morgan fingerprint density at radius 3 is 2.55 bits per heavy atom. The Kier molecular flexibility index (Phi) is 5.04. The lowest BCUT2D eigenvalue weighted by Crippen LogP contribution is -2.04. The van der Waals surface area contributed by atoms with Gasteiger partial charge in [-0.3, -0.25) is 4.68 Å². The van der Waals surface area contributed by atoms with Crippen LogP contribution >= 0.6 is 0 Å². The Labute approximate surface area is 120 Å². The van der Waals surface area contributed by atoms with Gasteiger partial charge in [0.25, 0.3) is 0 Å². The maximum absolute atomic E-state index is 5.56. The molecule has 1 heterocycles. The second-order valence-electron chi connectivity index (χ2n) is 5.11. The van der Waals surface area contributed by atoms with Crippen LogP contribution in [0.25, 0.3) is 0 Å². The van der Waals surface area contributed by atoms with E-state index in [1.54, 1.807) is 0 Å². The van der Waals surface area contributed by atoms with Crippen molar-refractivity contribution in [1.82, 2.24) is 9.78 Å². The van der Waals surface area contributed by atoms with Crippen LogP contribution in [0.5, 0.6) is 5.75 Å². The quantitative estimate of drug-likeness (QED) is 0.832. The highest BCUT2D eigenvalue weighted by Crippen LogP contribution is 2.16. The number of benzene rings is 1. The van der Waals surface area contributed by atoms with E-state index in [9.17, 15) is 0 Å². The minimum Gasteiger partial charge on any atom is -0.494 e. The molecule has 1 N–H and O–H groups in total. The predicted molar refractivity (Wildman–Crippen MR) is 82.2 cm³/mol. The summed E-state index contributed by atoms with van der Waals surface area (Å²) in [6.07, 6.45) is 3.04. The highest BCUT2D eigenvalue weighted by atomic mass is 16.5. The van der Waals surface area contributed by atoms with E-state index in [0.29, 0.717) is 6.04 Å². The summed E-state index contributed by atoms with van der Waals surface area (Å²) >= 11 is 0. The van der Waals surface area contributed by atoms with E-state index in [-0.39, 0.29) is 0 Å². The summed E-state index contributed by atoms with van der Waals surface area (Å²) in [7, 11) is 0. The van der Waals surface area contributed by atoms with Crippen molar-refractivity contribution in [3.8, 4) is 5.75 Å². The van der Waals surface area contributed by atoms with Crippen molar-refractivity contribution >= 4 is 5.69 Å². The smallest absolute Gasteiger partial charge is 0.119 e. The van der Waals surface area contributed by atoms with Gasteiger partial charge in [0.2, 0.25) is 0 Å². The molecule has 0 saturated heterocycles. The summed E-state index contributed by atoms with van der Waals surface area (Å²) in [5.74, 6) is 0.918. The lowest BCUT2D eigenvalue weighted by atomic mass is 10.3.